The van der Waals surface area contributed by atoms with Crippen molar-refractivity contribution < 1.29 is 0 Å². The van der Waals surface area contributed by atoms with Crippen LogP contribution >= 0.6 is 15.9 Å². The summed E-state index contributed by atoms with van der Waals surface area (Å²) in [4.78, 5) is 9.29. The third kappa shape index (κ3) is 3.44. The molecule has 1 heterocycles. The summed E-state index contributed by atoms with van der Waals surface area (Å²) in [5, 5.41) is 0. The van der Waals surface area contributed by atoms with Crippen LogP contribution in [0.5, 0.6) is 0 Å². The van der Waals surface area contributed by atoms with E-state index >= 15 is 0 Å². The highest BCUT2D eigenvalue weighted by Crippen LogP contribution is 2.25. The molecule has 4 heteroatoms. The van der Waals surface area contributed by atoms with E-state index in [-0.39, 0.29) is 5.92 Å². The quantitative estimate of drug-likeness (QED) is 0.922. The topological polar surface area (TPSA) is 51.8 Å². The fraction of sp³-hybridized carbons (Fsp3) is 0.375. The number of aromatic nitrogens is 2. The standard InChI is InChI=1S/C16H20BrN3/c1-10(2)14(9-18)16-19-11(3)8-15(20-16)12-4-6-13(17)7-5-12/h4-8,10,14H,9,18H2,1-3H3. The highest BCUT2D eigenvalue weighted by atomic mass is 79.9. The molecule has 20 heavy (non-hydrogen) atoms. The van der Waals surface area contributed by atoms with E-state index in [1.165, 1.54) is 0 Å². The Bertz CT molecular complexity index is 579. The van der Waals surface area contributed by atoms with Crippen LogP contribution in [0.3, 0.4) is 0 Å². The predicted molar refractivity (Wildman–Crippen MR) is 86.5 cm³/mol. The third-order valence-electron chi connectivity index (χ3n) is 3.40. The van der Waals surface area contributed by atoms with Crippen LogP contribution in [0.15, 0.2) is 34.8 Å². The van der Waals surface area contributed by atoms with E-state index in [1.54, 1.807) is 0 Å². The number of hydrogen-bond acceptors (Lipinski definition) is 3. The van der Waals surface area contributed by atoms with Crippen LogP contribution in [0.4, 0.5) is 0 Å². The molecule has 2 aromatic rings. The maximum absolute atomic E-state index is 5.88. The molecule has 0 fully saturated rings. The lowest BCUT2D eigenvalue weighted by Crippen LogP contribution is -2.20. The Morgan fingerprint density at radius 3 is 2.35 bits per heavy atom. The predicted octanol–water partition coefficient (Wildman–Crippen LogP) is 3.91. The van der Waals surface area contributed by atoms with Crippen molar-refractivity contribution in [1.29, 1.82) is 0 Å². The molecule has 2 N–H and O–H groups in total. The van der Waals surface area contributed by atoms with Gasteiger partial charge in [-0.15, -0.1) is 0 Å². The number of rotatable bonds is 4. The van der Waals surface area contributed by atoms with Gasteiger partial charge in [-0.05, 0) is 31.0 Å². The highest BCUT2D eigenvalue weighted by Gasteiger charge is 2.18. The first kappa shape index (κ1) is 15.1. The van der Waals surface area contributed by atoms with Gasteiger partial charge in [-0.2, -0.15) is 0 Å². The molecule has 0 saturated heterocycles. The lowest BCUT2D eigenvalue weighted by Gasteiger charge is -2.18. The first-order valence-electron chi connectivity index (χ1n) is 6.83. The van der Waals surface area contributed by atoms with Gasteiger partial charge in [0.05, 0.1) is 5.69 Å². The summed E-state index contributed by atoms with van der Waals surface area (Å²) in [6.07, 6.45) is 0. The van der Waals surface area contributed by atoms with Crippen LogP contribution in [0.1, 0.15) is 31.3 Å². The zero-order chi connectivity index (χ0) is 14.7. The summed E-state index contributed by atoms with van der Waals surface area (Å²) in [6, 6.07) is 10.2. The van der Waals surface area contributed by atoms with Crippen molar-refractivity contribution in [2.75, 3.05) is 6.54 Å². The van der Waals surface area contributed by atoms with Gasteiger partial charge in [0.2, 0.25) is 0 Å². The van der Waals surface area contributed by atoms with Gasteiger partial charge in [0.15, 0.2) is 0 Å². The van der Waals surface area contributed by atoms with Gasteiger partial charge in [-0.25, -0.2) is 9.97 Å². The monoisotopic (exact) mass is 333 g/mol. The molecule has 1 atom stereocenters. The molecule has 0 spiro atoms. The fourth-order valence-electron chi connectivity index (χ4n) is 2.20. The highest BCUT2D eigenvalue weighted by molar-refractivity contribution is 9.10. The first-order chi connectivity index (χ1) is 9.51. The van der Waals surface area contributed by atoms with Crippen LogP contribution in [0.2, 0.25) is 0 Å². The molecule has 0 aliphatic heterocycles. The van der Waals surface area contributed by atoms with E-state index < -0.39 is 0 Å². The number of benzene rings is 1. The van der Waals surface area contributed by atoms with Crippen LogP contribution < -0.4 is 5.73 Å². The summed E-state index contributed by atoms with van der Waals surface area (Å²) in [7, 11) is 0. The molecule has 0 amide bonds. The minimum absolute atomic E-state index is 0.198. The zero-order valence-corrected chi connectivity index (χ0v) is 13.7. The SMILES string of the molecule is Cc1cc(-c2ccc(Br)cc2)nc(C(CN)C(C)C)n1. The van der Waals surface area contributed by atoms with Gasteiger partial charge in [0, 0.05) is 28.2 Å². The van der Waals surface area contributed by atoms with Crippen molar-refractivity contribution in [3.05, 3.63) is 46.3 Å². The smallest absolute Gasteiger partial charge is 0.133 e. The van der Waals surface area contributed by atoms with Crippen LogP contribution in [-0.2, 0) is 0 Å². The molecule has 0 aliphatic rings. The van der Waals surface area contributed by atoms with E-state index in [4.69, 9.17) is 10.7 Å². The van der Waals surface area contributed by atoms with Gasteiger partial charge in [-0.3, -0.25) is 0 Å². The van der Waals surface area contributed by atoms with Crippen LogP contribution in [0, 0.1) is 12.8 Å². The average molecular weight is 334 g/mol. The van der Waals surface area contributed by atoms with Crippen molar-refractivity contribution >= 4 is 15.9 Å². The molecular weight excluding hydrogens is 314 g/mol. The molecule has 0 aliphatic carbocycles. The number of hydrogen-bond donors (Lipinski definition) is 1. The summed E-state index contributed by atoms with van der Waals surface area (Å²) in [6.45, 7) is 6.88. The van der Waals surface area contributed by atoms with Gasteiger partial charge >= 0.3 is 0 Å². The lowest BCUT2D eigenvalue weighted by atomic mass is 9.95. The minimum atomic E-state index is 0.198. The molecule has 2 rings (SSSR count). The minimum Gasteiger partial charge on any atom is -0.330 e. The molecule has 0 bridgehead atoms. The van der Waals surface area contributed by atoms with E-state index in [2.05, 4.69) is 46.9 Å². The fourth-order valence-corrected chi connectivity index (χ4v) is 2.47. The van der Waals surface area contributed by atoms with Gasteiger partial charge in [0.1, 0.15) is 5.82 Å². The second-order valence-corrected chi connectivity index (χ2v) is 6.26. The molecule has 1 aromatic carbocycles. The summed E-state index contributed by atoms with van der Waals surface area (Å²) in [5.41, 5.74) is 8.91. The third-order valence-corrected chi connectivity index (χ3v) is 3.93. The van der Waals surface area contributed by atoms with E-state index in [1.807, 2.05) is 25.1 Å². The van der Waals surface area contributed by atoms with Gasteiger partial charge in [-0.1, -0.05) is 41.9 Å². The maximum Gasteiger partial charge on any atom is 0.133 e. The Morgan fingerprint density at radius 2 is 1.80 bits per heavy atom. The van der Waals surface area contributed by atoms with E-state index in [0.717, 1.165) is 27.2 Å². The molecule has 0 saturated carbocycles. The van der Waals surface area contributed by atoms with Gasteiger partial charge < -0.3 is 5.73 Å². The molecule has 3 nitrogen and oxygen atoms in total. The number of halogens is 1. The van der Waals surface area contributed by atoms with Crippen molar-refractivity contribution in [2.45, 2.75) is 26.7 Å². The second kappa shape index (κ2) is 6.46. The van der Waals surface area contributed by atoms with Crippen LogP contribution in [0.25, 0.3) is 11.3 Å². The van der Waals surface area contributed by atoms with Gasteiger partial charge in [0.25, 0.3) is 0 Å². The van der Waals surface area contributed by atoms with Crippen molar-refractivity contribution in [3.63, 3.8) is 0 Å². The Balaban J connectivity index is 2.45. The van der Waals surface area contributed by atoms with Crippen molar-refractivity contribution in [1.82, 2.24) is 9.97 Å². The molecule has 1 unspecified atom stereocenters. The molecule has 0 radical (unpaired) electrons. The second-order valence-electron chi connectivity index (χ2n) is 5.35. The van der Waals surface area contributed by atoms with Crippen molar-refractivity contribution in [3.8, 4) is 11.3 Å². The summed E-state index contributed by atoms with van der Waals surface area (Å²) in [5.74, 6) is 1.48. The zero-order valence-electron chi connectivity index (χ0n) is 12.1. The Labute approximate surface area is 128 Å². The largest absolute Gasteiger partial charge is 0.330 e. The Kier molecular flexibility index (Phi) is 4.89. The normalized spacial score (nSPS) is 12.7. The lowest BCUT2D eigenvalue weighted by molar-refractivity contribution is 0.483. The molecule has 106 valence electrons. The van der Waals surface area contributed by atoms with Crippen molar-refractivity contribution in [2.24, 2.45) is 11.7 Å². The number of aryl methyl sites for hydroxylation is 1. The van der Waals surface area contributed by atoms with E-state index in [9.17, 15) is 0 Å². The van der Waals surface area contributed by atoms with E-state index in [0.29, 0.717) is 12.5 Å². The summed E-state index contributed by atoms with van der Waals surface area (Å²) < 4.78 is 1.06. The Hall–Kier alpha value is -1.26. The summed E-state index contributed by atoms with van der Waals surface area (Å²) >= 11 is 3.45. The average Bonchev–Trinajstić information content (AvgIpc) is 2.39. The first-order valence-corrected chi connectivity index (χ1v) is 7.62. The van der Waals surface area contributed by atoms with Crippen LogP contribution in [-0.4, -0.2) is 16.5 Å². The Morgan fingerprint density at radius 1 is 1.15 bits per heavy atom. The maximum atomic E-state index is 5.88. The number of nitrogens with two attached hydrogens (primary N) is 1. The molecule has 1 aromatic heterocycles. The molecular formula is C16H20BrN3. The number of nitrogens with zero attached hydrogens (tertiary/aromatic N) is 2.